The molecule has 0 aliphatic carbocycles. The first kappa shape index (κ1) is 11.9. The molecule has 3 nitrogen and oxygen atoms in total. The van der Waals surface area contributed by atoms with Gasteiger partial charge in [0.1, 0.15) is 0 Å². The zero-order chi connectivity index (χ0) is 11.1. The summed E-state index contributed by atoms with van der Waals surface area (Å²) in [7, 11) is 0. The highest BCUT2D eigenvalue weighted by Gasteiger charge is 2.04. The van der Waals surface area contributed by atoms with E-state index in [1.807, 2.05) is 24.4 Å². The van der Waals surface area contributed by atoms with Crippen LogP contribution in [0.4, 0.5) is 0 Å². The molecule has 1 aromatic heterocycles. The molecule has 82 valence electrons. The van der Waals surface area contributed by atoms with Crippen LogP contribution in [-0.2, 0) is 14.3 Å². The molecule has 1 aromatic rings. The number of carbonyl (C=O) groups excluding carboxylic acids is 1. The second kappa shape index (κ2) is 6.37. The van der Waals surface area contributed by atoms with Crippen molar-refractivity contribution in [1.82, 2.24) is 0 Å². The first-order valence-electron chi connectivity index (χ1n) is 4.75. The fourth-order valence-electron chi connectivity index (χ4n) is 1.07. The van der Waals surface area contributed by atoms with E-state index in [4.69, 9.17) is 9.47 Å². The van der Waals surface area contributed by atoms with Crippen molar-refractivity contribution in [3.8, 4) is 0 Å². The number of aldehydes is 1. The van der Waals surface area contributed by atoms with E-state index in [9.17, 15) is 4.79 Å². The zero-order valence-corrected chi connectivity index (χ0v) is 9.62. The van der Waals surface area contributed by atoms with E-state index in [2.05, 4.69) is 0 Å². The number of allylic oxidation sites excluding steroid dienone is 1. The summed E-state index contributed by atoms with van der Waals surface area (Å²) in [5.74, 6) is 0.290. The SMILES string of the molecule is CCOC(C)OC(C=O)=Cc1cccs1. The zero-order valence-electron chi connectivity index (χ0n) is 8.80. The van der Waals surface area contributed by atoms with Gasteiger partial charge in [-0.1, -0.05) is 6.07 Å². The van der Waals surface area contributed by atoms with Gasteiger partial charge in [0.05, 0.1) is 0 Å². The van der Waals surface area contributed by atoms with E-state index < -0.39 is 6.29 Å². The van der Waals surface area contributed by atoms with Gasteiger partial charge in [0.25, 0.3) is 0 Å². The molecule has 0 N–H and O–H groups in total. The molecule has 15 heavy (non-hydrogen) atoms. The van der Waals surface area contributed by atoms with Crippen LogP contribution < -0.4 is 0 Å². The van der Waals surface area contributed by atoms with Crippen molar-refractivity contribution in [1.29, 1.82) is 0 Å². The summed E-state index contributed by atoms with van der Waals surface area (Å²) in [4.78, 5) is 11.7. The Morgan fingerprint density at radius 1 is 1.67 bits per heavy atom. The van der Waals surface area contributed by atoms with Crippen molar-refractivity contribution in [2.45, 2.75) is 20.1 Å². The summed E-state index contributed by atoms with van der Waals surface area (Å²) in [6.07, 6.45) is 1.99. The van der Waals surface area contributed by atoms with Gasteiger partial charge in [0.2, 0.25) is 0 Å². The van der Waals surface area contributed by atoms with E-state index >= 15 is 0 Å². The standard InChI is InChI=1S/C11H14O3S/c1-3-13-9(2)14-10(8-12)7-11-5-4-6-15-11/h4-9H,3H2,1-2H3. The Hall–Kier alpha value is -1.13. The van der Waals surface area contributed by atoms with E-state index in [1.54, 1.807) is 24.3 Å². The molecular weight excluding hydrogens is 212 g/mol. The summed E-state index contributed by atoms with van der Waals surface area (Å²) in [5, 5.41) is 1.94. The van der Waals surface area contributed by atoms with E-state index in [0.29, 0.717) is 18.7 Å². The predicted molar refractivity (Wildman–Crippen MR) is 60.5 cm³/mol. The van der Waals surface area contributed by atoms with Crippen LogP contribution in [0.15, 0.2) is 23.3 Å². The molecule has 0 saturated heterocycles. The molecule has 0 aliphatic rings. The third-order valence-corrected chi connectivity index (χ3v) is 2.47. The molecule has 0 aromatic carbocycles. The van der Waals surface area contributed by atoms with Gasteiger partial charge >= 0.3 is 0 Å². The maximum Gasteiger partial charge on any atom is 0.197 e. The number of thiophene rings is 1. The lowest BCUT2D eigenvalue weighted by atomic mass is 10.4. The molecule has 0 fully saturated rings. The highest BCUT2D eigenvalue weighted by Crippen LogP contribution is 2.14. The largest absolute Gasteiger partial charge is 0.462 e. The molecular formula is C11H14O3S. The lowest BCUT2D eigenvalue weighted by Gasteiger charge is -2.13. The summed E-state index contributed by atoms with van der Waals surface area (Å²) in [6, 6.07) is 3.84. The maximum atomic E-state index is 10.7. The van der Waals surface area contributed by atoms with Gasteiger partial charge in [0, 0.05) is 17.6 Å². The fourth-order valence-corrected chi connectivity index (χ4v) is 1.73. The van der Waals surface area contributed by atoms with Crippen molar-refractivity contribution in [3.63, 3.8) is 0 Å². The lowest BCUT2D eigenvalue weighted by molar-refractivity contribution is -0.122. The monoisotopic (exact) mass is 226 g/mol. The van der Waals surface area contributed by atoms with Crippen LogP contribution in [0.5, 0.6) is 0 Å². The van der Waals surface area contributed by atoms with Gasteiger partial charge in [-0.05, 0) is 25.3 Å². The number of rotatable bonds is 6. The Bertz CT molecular complexity index is 317. The Morgan fingerprint density at radius 2 is 2.47 bits per heavy atom. The van der Waals surface area contributed by atoms with Gasteiger partial charge in [0.15, 0.2) is 18.3 Å². The van der Waals surface area contributed by atoms with Crippen molar-refractivity contribution < 1.29 is 14.3 Å². The molecule has 1 unspecified atom stereocenters. The van der Waals surface area contributed by atoms with Crippen molar-refractivity contribution in [2.75, 3.05) is 6.61 Å². The van der Waals surface area contributed by atoms with Crippen molar-refractivity contribution >= 4 is 23.7 Å². The number of hydrogen-bond acceptors (Lipinski definition) is 4. The van der Waals surface area contributed by atoms with Crippen molar-refractivity contribution in [2.24, 2.45) is 0 Å². The van der Waals surface area contributed by atoms with Crippen LogP contribution in [0, 0.1) is 0 Å². The predicted octanol–water partition coefficient (Wildman–Crippen LogP) is 2.69. The molecule has 0 bridgehead atoms. The van der Waals surface area contributed by atoms with E-state index in [0.717, 1.165) is 4.88 Å². The average Bonchev–Trinajstić information content (AvgIpc) is 2.70. The minimum absolute atomic E-state index is 0.290. The minimum atomic E-state index is -0.397. The summed E-state index contributed by atoms with van der Waals surface area (Å²) in [6.45, 7) is 4.20. The summed E-state index contributed by atoms with van der Waals surface area (Å²) < 4.78 is 10.5. The van der Waals surface area contributed by atoms with Crippen LogP contribution in [0.2, 0.25) is 0 Å². The van der Waals surface area contributed by atoms with Gasteiger partial charge in [-0.25, -0.2) is 0 Å². The van der Waals surface area contributed by atoms with Gasteiger partial charge in [-0.15, -0.1) is 11.3 Å². The van der Waals surface area contributed by atoms with Gasteiger partial charge < -0.3 is 9.47 Å². The Morgan fingerprint density at radius 3 is 3.00 bits per heavy atom. The third-order valence-electron chi connectivity index (χ3n) is 1.65. The van der Waals surface area contributed by atoms with Crippen molar-refractivity contribution in [3.05, 3.63) is 28.1 Å². The molecule has 0 saturated carbocycles. The Balaban J connectivity index is 2.59. The van der Waals surface area contributed by atoms with Crippen LogP contribution in [0.25, 0.3) is 6.08 Å². The fraction of sp³-hybridized carbons (Fsp3) is 0.364. The molecule has 1 heterocycles. The summed E-state index contributed by atoms with van der Waals surface area (Å²) in [5.41, 5.74) is 0. The average molecular weight is 226 g/mol. The first-order chi connectivity index (χ1) is 7.26. The van der Waals surface area contributed by atoms with E-state index in [1.165, 1.54) is 0 Å². The molecule has 1 rings (SSSR count). The smallest absolute Gasteiger partial charge is 0.197 e. The molecule has 1 atom stereocenters. The number of carbonyl (C=O) groups is 1. The van der Waals surface area contributed by atoms with Crippen LogP contribution >= 0.6 is 11.3 Å². The van der Waals surface area contributed by atoms with Crippen LogP contribution in [-0.4, -0.2) is 19.2 Å². The van der Waals surface area contributed by atoms with Gasteiger partial charge in [-0.2, -0.15) is 0 Å². The maximum absolute atomic E-state index is 10.7. The topological polar surface area (TPSA) is 35.5 Å². The molecule has 0 aliphatic heterocycles. The normalized spacial score (nSPS) is 13.6. The molecule has 0 amide bonds. The Labute approximate surface area is 93.3 Å². The minimum Gasteiger partial charge on any atom is -0.462 e. The van der Waals surface area contributed by atoms with E-state index in [-0.39, 0.29) is 0 Å². The quantitative estimate of drug-likeness (QED) is 0.324. The van der Waals surface area contributed by atoms with Crippen LogP contribution in [0.1, 0.15) is 18.7 Å². The number of hydrogen-bond donors (Lipinski definition) is 0. The third kappa shape index (κ3) is 4.27. The highest BCUT2D eigenvalue weighted by atomic mass is 32.1. The number of ether oxygens (including phenoxy) is 2. The Kier molecular flexibility index (Phi) is 5.07. The van der Waals surface area contributed by atoms with Gasteiger partial charge in [-0.3, -0.25) is 4.79 Å². The molecule has 0 spiro atoms. The first-order valence-corrected chi connectivity index (χ1v) is 5.63. The molecule has 0 radical (unpaired) electrons. The second-order valence-electron chi connectivity index (χ2n) is 2.82. The molecule has 4 heteroatoms. The summed E-state index contributed by atoms with van der Waals surface area (Å²) >= 11 is 1.55. The van der Waals surface area contributed by atoms with Crippen LogP contribution in [0.3, 0.4) is 0 Å². The highest BCUT2D eigenvalue weighted by molar-refractivity contribution is 7.10. The second-order valence-corrected chi connectivity index (χ2v) is 3.80. The lowest BCUT2D eigenvalue weighted by Crippen LogP contribution is -2.12.